The fourth-order valence-electron chi connectivity index (χ4n) is 0.929. The number of carbonyl (C=O) groups excluding carboxylic acids is 1. The molecule has 0 aliphatic carbocycles. The highest BCUT2D eigenvalue weighted by atomic mass is 35.5. The van der Waals surface area contributed by atoms with Crippen molar-refractivity contribution in [3.05, 3.63) is 0 Å². The van der Waals surface area contributed by atoms with E-state index >= 15 is 0 Å². The summed E-state index contributed by atoms with van der Waals surface area (Å²) >= 11 is 5.34. The van der Waals surface area contributed by atoms with E-state index in [0.717, 1.165) is 25.7 Å². The first-order valence-corrected chi connectivity index (χ1v) is 4.29. The summed E-state index contributed by atoms with van der Waals surface area (Å²) in [5, 5.41) is -0.170. The molecule has 0 spiro atoms. The molecule has 0 aromatic heterocycles. The van der Waals surface area contributed by atoms with E-state index in [1.807, 2.05) is 6.92 Å². The van der Waals surface area contributed by atoms with Gasteiger partial charge in [0.2, 0.25) is 5.24 Å². The van der Waals surface area contributed by atoms with Gasteiger partial charge in [-0.05, 0) is 24.4 Å². The molecule has 2 heteroatoms. The Hall–Kier alpha value is -0.0400. The number of hydrogen-bond donors (Lipinski definition) is 0. The van der Waals surface area contributed by atoms with Gasteiger partial charge in [-0.25, -0.2) is 0 Å². The maximum Gasteiger partial charge on any atom is 0.224 e. The molecule has 0 rings (SSSR count). The molecule has 0 bridgehead atoms. The lowest BCUT2D eigenvalue weighted by atomic mass is 10.0. The molecule has 0 heterocycles. The summed E-state index contributed by atoms with van der Waals surface area (Å²) in [6.45, 7) is 4.12. The van der Waals surface area contributed by atoms with Crippen LogP contribution in [0.3, 0.4) is 0 Å². The van der Waals surface area contributed by atoms with Crippen LogP contribution in [0.25, 0.3) is 0 Å². The number of unbranched alkanes of at least 4 members (excludes halogenated alkanes) is 1. The normalized spacial score (nSPS) is 13.1. The van der Waals surface area contributed by atoms with E-state index < -0.39 is 0 Å². The van der Waals surface area contributed by atoms with Crippen molar-refractivity contribution >= 4 is 16.8 Å². The van der Waals surface area contributed by atoms with Gasteiger partial charge in [-0.15, -0.1) is 0 Å². The highest BCUT2D eigenvalue weighted by Crippen LogP contribution is 2.14. The van der Waals surface area contributed by atoms with Crippen molar-refractivity contribution in [1.82, 2.24) is 0 Å². The lowest BCUT2D eigenvalue weighted by Crippen LogP contribution is -2.06. The van der Waals surface area contributed by atoms with Crippen molar-refractivity contribution in [2.45, 2.75) is 39.5 Å². The fourth-order valence-corrected chi connectivity index (χ4v) is 1.19. The standard InChI is InChI=1S/C8H15ClO/c1-3-5-6-7(4-2)8(9)10/h7H,3-6H2,1-2H3/t7-/m1/s1. The van der Waals surface area contributed by atoms with Crippen LogP contribution in [0.15, 0.2) is 0 Å². The molecule has 0 saturated heterocycles. The van der Waals surface area contributed by atoms with Gasteiger partial charge in [0.15, 0.2) is 0 Å². The Morgan fingerprint density at radius 2 is 2.10 bits per heavy atom. The van der Waals surface area contributed by atoms with Crippen LogP contribution in [0.5, 0.6) is 0 Å². The smallest absolute Gasteiger partial charge is 0.224 e. The third-order valence-electron chi connectivity index (χ3n) is 1.72. The van der Waals surface area contributed by atoms with Gasteiger partial charge >= 0.3 is 0 Å². The zero-order chi connectivity index (χ0) is 7.98. The second-order valence-electron chi connectivity index (χ2n) is 2.55. The van der Waals surface area contributed by atoms with E-state index in [0.29, 0.717) is 0 Å². The first-order chi connectivity index (χ1) is 4.72. The molecule has 0 aliphatic rings. The SMILES string of the molecule is CCCC[C@@H](CC)C(=O)Cl. The monoisotopic (exact) mass is 162 g/mol. The van der Waals surface area contributed by atoms with Crippen LogP contribution >= 0.6 is 11.6 Å². The summed E-state index contributed by atoms with van der Waals surface area (Å²) in [6, 6.07) is 0. The topological polar surface area (TPSA) is 17.1 Å². The molecule has 0 aromatic rings. The van der Waals surface area contributed by atoms with Gasteiger partial charge < -0.3 is 0 Å². The van der Waals surface area contributed by atoms with Crippen molar-refractivity contribution in [3.8, 4) is 0 Å². The van der Waals surface area contributed by atoms with Gasteiger partial charge in [-0.3, -0.25) is 4.79 Å². The Kier molecular flexibility index (Phi) is 5.70. The van der Waals surface area contributed by atoms with Crippen LogP contribution in [0.1, 0.15) is 39.5 Å². The molecule has 0 radical (unpaired) electrons. The lowest BCUT2D eigenvalue weighted by Gasteiger charge is -2.06. The molecule has 0 N–H and O–H groups in total. The van der Waals surface area contributed by atoms with Crippen molar-refractivity contribution in [2.75, 3.05) is 0 Å². The van der Waals surface area contributed by atoms with Crippen molar-refractivity contribution < 1.29 is 4.79 Å². The largest absolute Gasteiger partial charge is 0.281 e. The highest BCUT2D eigenvalue weighted by Gasteiger charge is 2.11. The van der Waals surface area contributed by atoms with Gasteiger partial charge in [0, 0.05) is 5.92 Å². The molecule has 10 heavy (non-hydrogen) atoms. The van der Waals surface area contributed by atoms with Gasteiger partial charge in [0.1, 0.15) is 0 Å². The van der Waals surface area contributed by atoms with Gasteiger partial charge in [0.05, 0.1) is 0 Å². The Balaban J connectivity index is 3.50. The quantitative estimate of drug-likeness (QED) is 0.568. The molecular weight excluding hydrogens is 148 g/mol. The first-order valence-electron chi connectivity index (χ1n) is 3.91. The van der Waals surface area contributed by atoms with Crippen LogP contribution in [-0.4, -0.2) is 5.24 Å². The van der Waals surface area contributed by atoms with E-state index in [4.69, 9.17) is 11.6 Å². The molecule has 60 valence electrons. The Bertz CT molecular complexity index is 101. The van der Waals surface area contributed by atoms with E-state index in [1.165, 1.54) is 0 Å². The van der Waals surface area contributed by atoms with Crippen LogP contribution in [-0.2, 0) is 4.79 Å². The third-order valence-corrected chi connectivity index (χ3v) is 2.03. The van der Waals surface area contributed by atoms with Crippen molar-refractivity contribution in [2.24, 2.45) is 5.92 Å². The molecule has 0 fully saturated rings. The van der Waals surface area contributed by atoms with Gasteiger partial charge in [0.25, 0.3) is 0 Å². The zero-order valence-corrected chi connectivity index (χ0v) is 7.45. The zero-order valence-electron chi connectivity index (χ0n) is 6.69. The predicted octanol–water partition coefficient (Wildman–Crippen LogP) is 2.97. The highest BCUT2D eigenvalue weighted by molar-refractivity contribution is 6.63. The van der Waals surface area contributed by atoms with Gasteiger partial charge in [-0.1, -0.05) is 26.7 Å². The fraction of sp³-hybridized carbons (Fsp3) is 0.875. The van der Waals surface area contributed by atoms with Gasteiger partial charge in [-0.2, -0.15) is 0 Å². The Morgan fingerprint density at radius 1 is 1.50 bits per heavy atom. The summed E-state index contributed by atoms with van der Waals surface area (Å²) in [6.07, 6.45) is 4.08. The van der Waals surface area contributed by atoms with Crippen LogP contribution in [0.4, 0.5) is 0 Å². The lowest BCUT2D eigenvalue weighted by molar-refractivity contribution is -0.115. The summed E-state index contributed by atoms with van der Waals surface area (Å²) < 4.78 is 0. The van der Waals surface area contributed by atoms with E-state index in [-0.39, 0.29) is 11.2 Å². The molecule has 0 unspecified atom stereocenters. The molecule has 0 amide bonds. The Morgan fingerprint density at radius 3 is 2.40 bits per heavy atom. The van der Waals surface area contributed by atoms with E-state index in [2.05, 4.69) is 6.92 Å². The number of rotatable bonds is 5. The number of hydrogen-bond acceptors (Lipinski definition) is 1. The first kappa shape index (κ1) is 9.96. The molecule has 0 aromatic carbocycles. The van der Waals surface area contributed by atoms with Crippen LogP contribution < -0.4 is 0 Å². The predicted molar refractivity (Wildman–Crippen MR) is 44.2 cm³/mol. The van der Waals surface area contributed by atoms with Crippen LogP contribution in [0.2, 0.25) is 0 Å². The minimum atomic E-state index is -0.170. The second-order valence-corrected chi connectivity index (χ2v) is 2.92. The maximum atomic E-state index is 10.6. The number of halogens is 1. The summed E-state index contributed by atoms with van der Waals surface area (Å²) in [7, 11) is 0. The van der Waals surface area contributed by atoms with Crippen LogP contribution in [0, 0.1) is 5.92 Å². The minimum Gasteiger partial charge on any atom is -0.281 e. The van der Waals surface area contributed by atoms with Crippen molar-refractivity contribution in [1.29, 1.82) is 0 Å². The average Bonchev–Trinajstić information content (AvgIpc) is 1.89. The molecule has 0 aliphatic heterocycles. The summed E-state index contributed by atoms with van der Waals surface area (Å²) in [5.41, 5.74) is 0. The summed E-state index contributed by atoms with van der Waals surface area (Å²) in [4.78, 5) is 10.6. The number of carbonyl (C=O) groups is 1. The van der Waals surface area contributed by atoms with Crippen molar-refractivity contribution in [3.63, 3.8) is 0 Å². The van der Waals surface area contributed by atoms with E-state index in [1.54, 1.807) is 0 Å². The summed E-state index contributed by atoms with van der Waals surface area (Å²) in [5.74, 6) is 0.0987. The van der Waals surface area contributed by atoms with E-state index in [9.17, 15) is 4.79 Å². The molecular formula is C8H15ClO. The minimum absolute atomic E-state index is 0.0987. The Labute approximate surface area is 67.8 Å². The third kappa shape index (κ3) is 3.89. The molecule has 1 nitrogen and oxygen atoms in total. The average molecular weight is 163 g/mol. The molecule has 0 saturated carbocycles. The molecule has 1 atom stereocenters. The maximum absolute atomic E-state index is 10.6. The second kappa shape index (κ2) is 5.72.